The van der Waals surface area contributed by atoms with Gasteiger partial charge in [0.15, 0.2) is 0 Å². The van der Waals surface area contributed by atoms with Crippen LogP contribution in [0.2, 0.25) is 0 Å². The van der Waals surface area contributed by atoms with Crippen molar-refractivity contribution in [2.24, 2.45) is 0 Å². The average Bonchev–Trinajstić information content (AvgIpc) is 3.12. The summed E-state index contributed by atoms with van der Waals surface area (Å²) in [7, 11) is 1.85. The Hall–Kier alpha value is -2.25. The van der Waals surface area contributed by atoms with Crippen molar-refractivity contribution in [3.63, 3.8) is 0 Å². The molecule has 0 aliphatic carbocycles. The van der Waals surface area contributed by atoms with Gasteiger partial charge in [-0.15, -0.1) is 0 Å². The zero-order chi connectivity index (χ0) is 18.5. The van der Waals surface area contributed by atoms with Gasteiger partial charge in [0.2, 0.25) is 5.91 Å². The summed E-state index contributed by atoms with van der Waals surface area (Å²) < 4.78 is 7.36. The maximum atomic E-state index is 13.3. The molecule has 7 heteroatoms. The van der Waals surface area contributed by atoms with E-state index in [0.717, 1.165) is 24.2 Å². The van der Waals surface area contributed by atoms with Gasteiger partial charge in [0.25, 0.3) is 0 Å². The molecule has 1 aliphatic heterocycles. The van der Waals surface area contributed by atoms with Crippen molar-refractivity contribution in [2.75, 3.05) is 33.4 Å². The number of nitrogens with zero attached hydrogens (tertiary/aromatic N) is 5. The van der Waals surface area contributed by atoms with E-state index in [4.69, 9.17) is 4.74 Å². The summed E-state index contributed by atoms with van der Waals surface area (Å²) in [5.74, 6) is 0.0668. The minimum Gasteiger partial charge on any atom is -0.379 e. The standard InChI is InChI=1S/C19H27N5O2/c1-15(2)24-14-16(11-21-24)13-22(3)19(25)18(17-5-4-6-20-12-17)23-7-9-26-10-8-23/h4-6,11-12,14-15,18H,7-10,13H2,1-3H3. The van der Waals surface area contributed by atoms with Crippen LogP contribution >= 0.6 is 0 Å². The lowest BCUT2D eigenvalue weighted by atomic mass is 10.1. The third-order valence-electron chi connectivity index (χ3n) is 4.62. The molecule has 1 atom stereocenters. The number of pyridine rings is 1. The minimum atomic E-state index is -0.335. The summed E-state index contributed by atoms with van der Waals surface area (Å²) >= 11 is 0. The molecule has 26 heavy (non-hydrogen) atoms. The van der Waals surface area contributed by atoms with Crippen LogP contribution in [0.3, 0.4) is 0 Å². The fraction of sp³-hybridized carbons (Fsp3) is 0.526. The third kappa shape index (κ3) is 4.28. The Bertz CT molecular complexity index is 710. The molecule has 2 aromatic rings. The molecule has 1 unspecified atom stereocenters. The summed E-state index contributed by atoms with van der Waals surface area (Å²) in [6.07, 6.45) is 7.34. The molecule has 1 aliphatic rings. The fourth-order valence-electron chi connectivity index (χ4n) is 3.18. The molecule has 0 saturated carbocycles. The van der Waals surface area contributed by atoms with Gasteiger partial charge in [-0.2, -0.15) is 5.10 Å². The number of hydrogen-bond acceptors (Lipinski definition) is 5. The van der Waals surface area contributed by atoms with Gasteiger partial charge in [-0.1, -0.05) is 6.07 Å². The molecule has 7 nitrogen and oxygen atoms in total. The van der Waals surface area contributed by atoms with Crippen LogP contribution in [0, 0.1) is 0 Å². The largest absolute Gasteiger partial charge is 0.379 e. The monoisotopic (exact) mass is 357 g/mol. The quantitative estimate of drug-likeness (QED) is 0.790. The minimum absolute atomic E-state index is 0.0668. The predicted octanol–water partition coefficient (Wildman–Crippen LogP) is 1.89. The summed E-state index contributed by atoms with van der Waals surface area (Å²) in [5.41, 5.74) is 1.95. The Morgan fingerprint density at radius 3 is 2.69 bits per heavy atom. The Kier molecular flexibility index (Phi) is 6.00. The number of likely N-dealkylation sites (N-methyl/N-ethyl adjacent to an activating group) is 1. The fourth-order valence-corrected chi connectivity index (χ4v) is 3.18. The zero-order valence-corrected chi connectivity index (χ0v) is 15.7. The highest BCUT2D eigenvalue weighted by molar-refractivity contribution is 5.83. The second kappa shape index (κ2) is 8.42. The molecule has 0 bridgehead atoms. The number of rotatable bonds is 6. The van der Waals surface area contributed by atoms with Gasteiger partial charge in [-0.05, 0) is 25.5 Å². The highest BCUT2D eigenvalue weighted by atomic mass is 16.5. The molecule has 1 fully saturated rings. The smallest absolute Gasteiger partial charge is 0.244 e. The van der Waals surface area contributed by atoms with Crippen molar-refractivity contribution in [1.29, 1.82) is 0 Å². The van der Waals surface area contributed by atoms with Crippen molar-refractivity contribution < 1.29 is 9.53 Å². The van der Waals surface area contributed by atoms with Crippen molar-refractivity contribution in [3.05, 3.63) is 48.0 Å². The van der Waals surface area contributed by atoms with Crippen molar-refractivity contribution in [2.45, 2.75) is 32.5 Å². The lowest BCUT2D eigenvalue weighted by Crippen LogP contribution is -2.46. The SMILES string of the molecule is CC(C)n1cc(CN(C)C(=O)C(c2cccnc2)N2CCOCC2)cn1. The molecular formula is C19H27N5O2. The number of morpholine rings is 1. The predicted molar refractivity (Wildman–Crippen MR) is 98.5 cm³/mol. The Balaban J connectivity index is 1.77. The van der Waals surface area contributed by atoms with Gasteiger partial charge in [0, 0.05) is 56.9 Å². The summed E-state index contributed by atoms with van der Waals surface area (Å²) in [4.78, 5) is 21.4. The Labute approximate surface area is 154 Å². The van der Waals surface area contributed by atoms with Crippen LogP contribution in [0.1, 0.15) is 37.1 Å². The van der Waals surface area contributed by atoms with Gasteiger partial charge < -0.3 is 9.64 Å². The summed E-state index contributed by atoms with van der Waals surface area (Å²) in [5, 5.41) is 4.36. The molecule has 3 heterocycles. The molecule has 1 saturated heterocycles. The van der Waals surface area contributed by atoms with Crippen molar-refractivity contribution >= 4 is 5.91 Å². The van der Waals surface area contributed by atoms with Crippen LogP contribution in [0.4, 0.5) is 0 Å². The molecule has 0 N–H and O–H groups in total. The average molecular weight is 357 g/mol. The molecule has 0 aromatic carbocycles. The highest BCUT2D eigenvalue weighted by Gasteiger charge is 2.31. The second-order valence-electron chi connectivity index (χ2n) is 6.95. The van der Waals surface area contributed by atoms with Gasteiger partial charge in [0.1, 0.15) is 6.04 Å². The molecular weight excluding hydrogens is 330 g/mol. The number of aromatic nitrogens is 3. The first-order valence-electron chi connectivity index (χ1n) is 9.06. The van der Waals surface area contributed by atoms with E-state index < -0.39 is 0 Å². The Morgan fingerprint density at radius 2 is 2.08 bits per heavy atom. The topological polar surface area (TPSA) is 63.5 Å². The molecule has 3 rings (SSSR count). The highest BCUT2D eigenvalue weighted by Crippen LogP contribution is 2.24. The third-order valence-corrected chi connectivity index (χ3v) is 4.62. The van der Waals surface area contributed by atoms with Gasteiger partial charge in [-0.25, -0.2) is 0 Å². The van der Waals surface area contributed by atoms with Crippen LogP contribution < -0.4 is 0 Å². The lowest BCUT2D eigenvalue weighted by Gasteiger charge is -2.35. The molecule has 140 valence electrons. The number of hydrogen-bond donors (Lipinski definition) is 0. The van der Waals surface area contributed by atoms with E-state index in [-0.39, 0.29) is 11.9 Å². The van der Waals surface area contributed by atoms with Crippen LogP contribution in [0.25, 0.3) is 0 Å². The number of ether oxygens (including phenoxy) is 1. The number of carbonyl (C=O) groups is 1. The van der Waals surface area contributed by atoms with E-state index in [0.29, 0.717) is 25.8 Å². The van der Waals surface area contributed by atoms with Crippen molar-refractivity contribution in [1.82, 2.24) is 24.6 Å². The molecule has 2 aromatic heterocycles. The summed E-state index contributed by atoms with van der Waals surface area (Å²) in [6, 6.07) is 3.82. The Morgan fingerprint density at radius 1 is 1.31 bits per heavy atom. The normalized spacial score (nSPS) is 16.6. The van der Waals surface area contributed by atoms with Crippen LogP contribution in [0.5, 0.6) is 0 Å². The second-order valence-corrected chi connectivity index (χ2v) is 6.95. The first kappa shape index (κ1) is 18.5. The first-order valence-corrected chi connectivity index (χ1v) is 9.06. The van der Waals surface area contributed by atoms with E-state index >= 15 is 0 Å². The van der Waals surface area contributed by atoms with E-state index in [9.17, 15) is 4.79 Å². The van der Waals surface area contributed by atoms with E-state index in [1.54, 1.807) is 17.3 Å². The van der Waals surface area contributed by atoms with Gasteiger partial charge in [-0.3, -0.25) is 19.4 Å². The van der Waals surface area contributed by atoms with E-state index in [1.807, 2.05) is 36.3 Å². The van der Waals surface area contributed by atoms with Crippen LogP contribution in [0.15, 0.2) is 36.9 Å². The van der Waals surface area contributed by atoms with Crippen LogP contribution in [-0.2, 0) is 16.1 Å². The van der Waals surface area contributed by atoms with Crippen molar-refractivity contribution in [3.8, 4) is 0 Å². The van der Waals surface area contributed by atoms with E-state index in [2.05, 4.69) is 28.8 Å². The molecule has 0 spiro atoms. The summed E-state index contributed by atoms with van der Waals surface area (Å²) in [6.45, 7) is 7.48. The van der Waals surface area contributed by atoms with Gasteiger partial charge in [0.05, 0.1) is 19.4 Å². The maximum Gasteiger partial charge on any atom is 0.244 e. The molecule has 1 amide bonds. The van der Waals surface area contributed by atoms with Crippen LogP contribution in [-0.4, -0.2) is 63.8 Å². The zero-order valence-electron chi connectivity index (χ0n) is 15.7. The lowest BCUT2D eigenvalue weighted by molar-refractivity contribution is -0.138. The first-order chi connectivity index (χ1) is 12.6. The van der Waals surface area contributed by atoms with Gasteiger partial charge >= 0.3 is 0 Å². The number of carbonyl (C=O) groups excluding carboxylic acids is 1. The number of amides is 1. The van der Waals surface area contributed by atoms with E-state index in [1.165, 1.54) is 0 Å². The molecule has 0 radical (unpaired) electrons. The maximum absolute atomic E-state index is 13.3.